The minimum absolute atomic E-state index is 0.0790. The summed E-state index contributed by atoms with van der Waals surface area (Å²) >= 11 is 5.95. The lowest BCUT2D eigenvalue weighted by atomic mass is 9.80. The maximum Gasteiger partial charge on any atom is 0.471 e. The molecule has 14 heteroatoms. The maximum absolute atomic E-state index is 14.3. The second kappa shape index (κ2) is 9.92. The van der Waals surface area contributed by atoms with Crippen LogP contribution >= 0.6 is 11.6 Å². The molecule has 7 nitrogen and oxygen atoms in total. The number of sulfone groups is 1. The summed E-state index contributed by atoms with van der Waals surface area (Å²) in [5, 5.41) is 1.87. The Labute approximate surface area is 211 Å². The number of sulfonamides is 1. The summed E-state index contributed by atoms with van der Waals surface area (Å²) in [6, 6.07) is 7.65. The van der Waals surface area contributed by atoms with Gasteiger partial charge in [0.1, 0.15) is 15.6 Å². The molecule has 1 N–H and O–H groups in total. The quantitative estimate of drug-likeness (QED) is 0.526. The molecule has 1 amide bonds. The van der Waals surface area contributed by atoms with Crippen LogP contribution in [-0.4, -0.2) is 51.9 Å². The largest absolute Gasteiger partial charge is 0.471 e. The number of carbonyl (C=O) groups is 1. The van der Waals surface area contributed by atoms with Gasteiger partial charge in [0.05, 0.1) is 4.90 Å². The third-order valence-electron chi connectivity index (χ3n) is 6.11. The lowest BCUT2D eigenvalue weighted by Crippen LogP contribution is -2.55. The summed E-state index contributed by atoms with van der Waals surface area (Å²) in [5.74, 6) is -3.64. The molecule has 3 rings (SSSR count). The fraction of sp³-hybridized carbons (Fsp3) is 0.409. The third kappa shape index (κ3) is 5.68. The lowest BCUT2D eigenvalue weighted by molar-refractivity contribution is -0.176. The van der Waals surface area contributed by atoms with Crippen LogP contribution in [-0.2, 0) is 24.7 Å². The van der Waals surface area contributed by atoms with Crippen molar-refractivity contribution in [3.05, 3.63) is 53.3 Å². The number of nitrogens with one attached hydrogen (secondary N) is 1. The second-order valence-electron chi connectivity index (χ2n) is 8.88. The highest BCUT2D eigenvalue weighted by Gasteiger charge is 2.45. The van der Waals surface area contributed by atoms with Gasteiger partial charge in [-0.15, -0.1) is 0 Å². The molecule has 198 valence electrons. The van der Waals surface area contributed by atoms with Crippen LogP contribution < -0.4 is 5.32 Å². The van der Waals surface area contributed by atoms with E-state index in [0.29, 0.717) is 0 Å². The van der Waals surface area contributed by atoms with Crippen molar-refractivity contribution in [1.82, 2.24) is 9.62 Å². The number of benzene rings is 2. The first-order chi connectivity index (χ1) is 16.5. The van der Waals surface area contributed by atoms with Crippen molar-refractivity contribution >= 4 is 37.4 Å². The van der Waals surface area contributed by atoms with Crippen LogP contribution in [0, 0.1) is 11.7 Å². The van der Waals surface area contributed by atoms with Gasteiger partial charge in [-0.2, -0.15) is 17.5 Å². The standard InChI is InChI=1S/C22H23ClF4N2O5S2/c1-21(2,28-20(30)22(25,26)27)14-9-11-29(12-10-14)36(33,34)18-8-7-15(23)13-19(18)35(31,32)17-6-4-3-5-16(17)24/h3-8,13-14H,9-12H2,1-2H3,(H,28,30). The Balaban J connectivity index is 1.90. The van der Waals surface area contributed by atoms with Gasteiger partial charge in [0.25, 0.3) is 0 Å². The molecule has 0 saturated carbocycles. The zero-order valence-electron chi connectivity index (χ0n) is 19.1. The summed E-state index contributed by atoms with van der Waals surface area (Å²) in [7, 11) is -9.05. The molecule has 2 aromatic rings. The van der Waals surface area contributed by atoms with Gasteiger partial charge in [-0.1, -0.05) is 23.7 Å². The van der Waals surface area contributed by atoms with E-state index in [1.54, 1.807) is 0 Å². The van der Waals surface area contributed by atoms with Gasteiger partial charge in [-0.25, -0.2) is 21.2 Å². The summed E-state index contributed by atoms with van der Waals surface area (Å²) in [5.41, 5.74) is -1.28. The maximum atomic E-state index is 14.3. The number of amides is 1. The Hall–Kier alpha value is -2.22. The molecular weight excluding hydrogens is 548 g/mol. The van der Waals surface area contributed by atoms with Crippen LogP contribution in [0.1, 0.15) is 26.7 Å². The molecule has 1 heterocycles. The molecule has 0 radical (unpaired) electrons. The summed E-state index contributed by atoms with van der Waals surface area (Å²) in [6.45, 7) is 2.56. The van der Waals surface area contributed by atoms with E-state index in [0.717, 1.165) is 28.6 Å². The number of nitrogens with zero attached hydrogens (tertiary/aromatic N) is 1. The molecule has 0 aliphatic carbocycles. The predicted octanol–water partition coefficient (Wildman–Crippen LogP) is 4.17. The minimum atomic E-state index is -5.06. The molecule has 1 saturated heterocycles. The van der Waals surface area contributed by atoms with Crippen LogP contribution in [0.4, 0.5) is 17.6 Å². The van der Waals surface area contributed by atoms with Crippen LogP contribution in [0.5, 0.6) is 0 Å². The second-order valence-corrected chi connectivity index (χ2v) is 13.1. The Bertz CT molecular complexity index is 1370. The van der Waals surface area contributed by atoms with Gasteiger partial charge < -0.3 is 5.32 Å². The van der Waals surface area contributed by atoms with Crippen LogP contribution in [0.15, 0.2) is 57.2 Å². The van der Waals surface area contributed by atoms with Crippen LogP contribution in [0.25, 0.3) is 0 Å². The first-order valence-electron chi connectivity index (χ1n) is 10.7. The number of carbonyl (C=O) groups excluding carboxylic acids is 1. The smallest absolute Gasteiger partial charge is 0.343 e. The summed E-state index contributed by atoms with van der Waals surface area (Å²) in [6.07, 6.45) is -4.85. The first kappa shape index (κ1) is 28.4. The Morgan fingerprint density at radius 1 is 0.972 bits per heavy atom. The number of hydrogen-bond donors (Lipinski definition) is 1. The van der Waals surface area contributed by atoms with E-state index in [4.69, 9.17) is 11.6 Å². The van der Waals surface area contributed by atoms with Crippen molar-refractivity contribution in [2.24, 2.45) is 5.92 Å². The zero-order chi connectivity index (χ0) is 27.1. The Morgan fingerprint density at radius 2 is 1.56 bits per heavy atom. The number of rotatable bonds is 6. The van der Waals surface area contributed by atoms with E-state index in [1.165, 1.54) is 32.0 Å². The van der Waals surface area contributed by atoms with Crippen LogP contribution in [0.2, 0.25) is 5.02 Å². The van der Waals surface area contributed by atoms with Crippen molar-refractivity contribution in [3.8, 4) is 0 Å². The highest BCUT2D eigenvalue weighted by Crippen LogP contribution is 2.36. The van der Waals surface area contributed by atoms with Crippen molar-refractivity contribution in [3.63, 3.8) is 0 Å². The third-order valence-corrected chi connectivity index (χ3v) is 10.3. The van der Waals surface area contributed by atoms with Crippen LogP contribution in [0.3, 0.4) is 0 Å². The topological polar surface area (TPSA) is 101 Å². The molecule has 2 aromatic carbocycles. The Morgan fingerprint density at radius 3 is 2.11 bits per heavy atom. The number of halogens is 5. The molecule has 0 aromatic heterocycles. The summed E-state index contributed by atoms with van der Waals surface area (Å²) < 4.78 is 107. The minimum Gasteiger partial charge on any atom is -0.343 e. The highest BCUT2D eigenvalue weighted by molar-refractivity contribution is 7.93. The van der Waals surface area contributed by atoms with Crippen molar-refractivity contribution in [2.75, 3.05) is 13.1 Å². The summed E-state index contributed by atoms with van der Waals surface area (Å²) in [4.78, 5) is 9.38. The van der Waals surface area contributed by atoms with E-state index in [2.05, 4.69) is 0 Å². The predicted molar refractivity (Wildman–Crippen MR) is 123 cm³/mol. The molecule has 0 unspecified atom stereocenters. The van der Waals surface area contributed by atoms with E-state index < -0.39 is 63.9 Å². The monoisotopic (exact) mass is 570 g/mol. The molecule has 0 atom stereocenters. The molecule has 0 bridgehead atoms. The van der Waals surface area contributed by atoms with Gasteiger partial charge in [0.15, 0.2) is 0 Å². The van der Waals surface area contributed by atoms with E-state index in [1.807, 2.05) is 5.32 Å². The van der Waals surface area contributed by atoms with Gasteiger partial charge in [-0.3, -0.25) is 4.79 Å². The van der Waals surface area contributed by atoms with E-state index in [-0.39, 0.29) is 31.0 Å². The average Bonchev–Trinajstić information content (AvgIpc) is 2.78. The van der Waals surface area contributed by atoms with Crippen molar-refractivity contribution < 1.29 is 39.2 Å². The van der Waals surface area contributed by atoms with E-state index >= 15 is 0 Å². The number of piperidine rings is 1. The molecule has 1 aliphatic rings. The average molecular weight is 571 g/mol. The zero-order valence-corrected chi connectivity index (χ0v) is 21.5. The first-order valence-corrected chi connectivity index (χ1v) is 14.0. The normalized spacial score (nSPS) is 16.6. The molecule has 0 spiro atoms. The SMILES string of the molecule is CC(C)(NC(=O)C(F)(F)F)C1CCN(S(=O)(=O)c2ccc(Cl)cc2S(=O)(=O)c2ccccc2F)CC1. The van der Waals surface area contributed by atoms with Crippen molar-refractivity contribution in [1.29, 1.82) is 0 Å². The van der Waals surface area contributed by atoms with Crippen molar-refractivity contribution in [2.45, 2.75) is 53.1 Å². The fourth-order valence-corrected chi connectivity index (χ4v) is 7.95. The molecule has 1 fully saturated rings. The molecule has 36 heavy (non-hydrogen) atoms. The number of alkyl halides is 3. The lowest BCUT2D eigenvalue weighted by Gasteiger charge is -2.40. The van der Waals surface area contributed by atoms with Gasteiger partial charge >= 0.3 is 12.1 Å². The van der Waals surface area contributed by atoms with E-state index in [9.17, 15) is 39.2 Å². The Kier molecular flexibility index (Phi) is 7.81. The number of hydrogen-bond acceptors (Lipinski definition) is 5. The fourth-order valence-electron chi connectivity index (χ4n) is 4.11. The van der Waals surface area contributed by atoms with Gasteiger partial charge in [0, 0.05) is 23.7 Å². The van der Waals surface area contributed by atoms with Gasteiger partial charge in [0.2, 0.25) is 19.9 Å². The highest BCUT2D eigenvalue weighted by atomic mass is 35.5. The van der Waals surface area contributed by atoms with Gasteiger partial charge in [-0.05, 0) is 62.9 Å². The molecular formula is C22H23ClF4N2O5S2. The molecule has 1 aliphatic heterocycles.